The van der Waals surface area contributed by atoms with Crippen LogP contribution in [0.5, 0.6) is 0 Å². The van der Waals surface area contributed by atoms with Crippen LogP contribution in [0.3, 0.4) is 0 Å². The molecule has 4 heterocycles. The van der Waals surface area contributed by atoms with Gasteiger partial charge in [-0.2, -0.15) is 14.0 Å². The van der Waals surface area contributed by atoms with Crippen LogP contribution in [0.4, 0.5) is 5.00 Å². The van der Waals surface area contributed by atoms with Crippen molar-refractivity contribution < 1.29 is 4.74 Å². The van der Waals surface area contributed by atoms with Crippen LogP contribution >= 0.6 is 22.9 Å². The maximum absolute atomic E-state index is 5.98. The van der Waals surface area contributed by atoms with Crippen molar-refractivity contribution in [3.8, 4) is 10.6 Å². The topological polar surface area (TPSA) is 91.2 Å². The number of nitrogen functional groups attached to an aromatic ring is 1. The minimum Gasteiger partial charge on any atom is -0.389 e. The molecular formula is C11H12N6OS2. The van der Waals surface area contributed by atoms with E-state index in [2.05, 4.69) is 19.7 Å². The van der Waals surface area contributed by atoms with E-state index in [-0.39, 0.29) is 6.10 Å². The molecule has 1 aliphatic rings. The number of nitrogens with zero attached hydrogens (tertiary/aromatic N) is 5. The van der Waals surface area contributed by atoms with Crippen LogP contribution in [0, 0.1) is 6.92 Å². The number of ether oxygens (including phenoxy) is 1. The molecule has 0 bridgehead atoms. The SMILES string of the molecule is Cc1nsc(N)c1-c1nn2c(C3CCCO3)nnc2s1. The van der Waals surface area contributed by atoms with Gasteiger partial charge >= 0.3 is 0 Å². The van der Waals surface area contributed by atoms with E-state index in [1.807, 2.05) is 6.92 Å². The van der Waals surface area contributed by atoms with E-state index in [0.29, 0.717) is 5.00 Å². The van der Waals surface area contributed by atoms with Crippen LogP contribution < -0.4 is 5.73 Å². The lowest BCUT2D eigenvalue weighted by Gasteiger charge is -2.04. The fourth-order valence-electron chi connectivity index (χ4n) is 2.36. The Morgan fingerprint density at radius 2 is 2.30 bits per heavy atom. The van der Waals surface area contributed by atoms with Gasteiger partial charge in [0.05, 0.1) is 11.3 Å². The fraction of sp³-hybridized carbons (Fsp3) is 0.455. The quantitative estimate of drug-likeness (QED) is 0.779. The number of rotatable bonds is 2. The van der Waals surface area contributed by atoms with Crippen molar-refractivity contribution in [3.05, 3.63) is 11.5 Å². The summed E-state index contributed by atoms with van der Waals surface area (Å²) in [5.74, 6) is 0.777. The number of hydrogen-bond acceptors (Lipinski definition) is 8. The van der Waals surface area contributed by atoms with E-state index < -0.39 is 0 Å². The van der Waals surface area contributed by atoms with Gasteiger partial charge in [-0.15, -0.1) is 10.2 Å². The number of nitrogens with two attached hydrogens (primary N) is 1. The molecule has 1 unspecified atom stereocenters. The van der Waals surface area contributed by atoms with Crippen molar-refractivity contribution in [1.82, 2.24) is 24.2 Å². The molecule has 1 atom stereocenters. The van der Waals surface area contributed by atoms with Crippen molar-refractivity contribution in [2.24, 2.45) is 0 Å². The molecule has 20 heavy (non-hydrogen) atoms. The molecule has 0 saturated carbocycles. The second-order valence-corrected chi connectivity index (χ2v) is 6.43. The molecule has 1 aliphatic heterocycles. The predicted molar refractivity (Wildman–Crippen MR) is 76.8 cm³/mol. The summed E-state index contributed by atoms with van der Waals surface area (Å²) in [7, 11) is 0. The van der Waals surface area contributed by atoms with Crippen molar-refractivity contribution >= 4 is 32.8 Å². The molecule has 0 radical (unpaired) electrons. The van der Waals surface area contributed by atoms with E-state index in [1.54, 1.807) is 4.52 Å². The first-order valence-corrected chi connectivity index (χ1v) is 7.89. The largest absolute Gasteiger partial charge is 0.389 e. The number of aromatic nitrogens is 5. The van der Waals surface area contributed by atoms with Crippen molar-refractivity contribution in [3.63, 3.8) is 0 Å². The average Bonchev–Trinajstić information content (AvgIpc) is 3.12. The highest BCUT2D eigenvalue weighted by Gasteiger charge is 2.26. The molecule has 0 spiro atoms. The molecule has 9 heteroatoms. The summed E-state index contributed by atoms with van der Waals surface area (Å²) in [6.07, 6.45) is 2.02. The lowest BCUT2D eigenvalue weighted by Crippen LogP contribution is -2.03. The van der Waals surface area contributed by atoms with Gasteiger partial charge in [0.1, 0.15) is 11.1 Å². The van der Waals surface area contributed by atoms with Gasteiger partial charge in [0.15, 0.2) is 10.8 Å². The minimum atomic E-state index is -0.000932. The van der Waals surface area contributed by atoms with Gasteiger partial charge in [-0.1, -0.05) is 11.3 Å². The molecular weight excluding hydrogens is 296 g/mol. The smallest absolute Gasteiger partial charge is 0.235 e. The van der Waals surface area contributed by atoms with Crippen molar-refractivity contribution in [1.29, 1.82) is 0 Å². The Hall–Kier alpha value is -1.58. The predicted octanol–water partition coefficient (Wildman–Crippen LogP) is 2.05. The summed E-state index contributed by atoms with van der Waals surface area (Å²) in [5.41, 5.74) is 7.78. The van der Waals surface area contributed by atoms with Gasteiger partial charge in [0.2, 0.25) is 4.96 Å². The Balaban J connectivity index is 1.83. The van der Waals surface area contributed by atoms with E-state index in [4.69, 9.17) is 10.5 Å². The Bertz CT molecular complexity index is 750. The van der Waals surface area contributed by atoms with E-state index in [1.165, 1.54) is 22.9 Å². The highest BCUT2D eigenvalue weighted by molar-refractivity contribution is 7.20. The van der Waals surface area contributed by atoms with Gasteiger partial charge in [-0.05, 0) is 31.3 Å². The maximum atomic E-state index is 5.98. The third-order valence-electron chi connectivity index (χ3n) is 3.34. The zero-order valence-electron chi connectivity index (χ0n) is 10.7. The minimum absolute atomic E-state index is 0.000932. The lowest BCUT2D eigenvalue weighted by atomic mass is 10.2. The molecule has 0 aliphatic carbocycles. The van der Waals surface area contributed by atoms with Gasteiger partial charge in [0, 0.05) is 6.61 Å². The standard InChI is InChI=1S/C11H12N6OS2/c1-5-7(8(12)20-16-5)10-15-17-9(6-3-2-4-18-6)13-14-11(17)19-10/h6H,2-4,12H2,1H3. The van der Waals surface area contributed by atoms with E-state index in [9.17, 15) is 0 Å². The second-order valence-electron chi connectivity index (χ2n) is 4.67. The van der Waals surface area contributed by atoms with Gasteiger partial charge < -0.3 is 10.5 Å². The summed E-state index contributed by atoms with van der Waals surface area (Å²) < 4.78 is 11.7. The molecule has 1 saturated heterocycles. The molecule has 1 fully saturated rings. The fourth-order valence-corrected chi connectivity index (χ4v) is 4.05. The normalized spacial score (nSPS) is 19.1. The summed E-state index contributed by atoms with van der Waals surface area (Å²) in [5, 5.41) is 14.5. The van der Waals surface area contributed by atoms with Crippen LogP contribution in [0.2, 0.25) is 0 Å². The zero-order chi connectivity index (χ0) is 13.7. The summed E-state index contributed by atoms with van der Waals surface area (Å²) >= 11 is 2.76. The maximum Gasteiger partial charge on any atom is 0.235 e. The van der Waals surface area contributed by atoms with Crippen LogP contribution in [-0.4, -0.2) is 30.8 Å². The summed E-state index contributed by atoms with van der Waals surface area (Å²) in [6, 6.07) is 0. The monoisotopic (exact) mass is 308 g/mol. The van der Waals surface area contributed by atoms with E-state index in [0.717, 1.165) is 46.5 Å². The van der Waals surface area contributed by atoms with Gasteiger partial charge in [0.25, 0.3) is 0 Å². The lowest BCUT2D eigenvalue weighted by molar-refractivity contribution is 0.103. The van der Waals surface area contributed by atoms with Crippen LogP contribution in [-0.2, 0) is 4.74 Å². The Morgan fingerprint density at radius 3 is 3.00 bits per heavy atom. The zero-order valence-corrected chi connectivity index (χ0v) is 12.4. The number of aryl methyl sites for hydroxylation is 1. The second kappa shape index (κ2) is 4.47. The molecule has 3 aromatic rings. The van der Waals surface area contributed by atoms with Gasteiger partial charge in [-0.3, -0.25) is 0 Å². The molecule has 0 amide bonds. The van der Waals surface area contributed by atoms with Crippen LogP contribution in [0.1, 0.15) is 30.5 Å². The van der Waals surface area contributed by atoms with Gasteiger partial charge in [-0.25, -0.2) is 0 Å². The highest BCUT2D eigenvalue weighted by Crippen LogP contribution is 2.36. The first kappa shape index (κ1) is 12.2. The molecule has 3 aromatic heterocycles. The third kappa shape index (κ3) is 1.74. The Morgan fingerprint density at radius 1 is 1.40 bits per heavy atom. The van der Waals surface area contributed by atoms with E-state index >= 15 is 0 Å². The number of fused-ring (bicyclic) bond motifs is 1. The molecule has 104 valence electrons. The molecule has 0 aromatic carbocycles. The Kier molecular flexibility index (Phi) is 2.72. The molecule has 2 N–H and O–H groups in total. The first-order chi connectivity index (χ1) is 9.74. The summed E-state index contributed by atoms with van der Waals surface area (Å²) in [6.45, 7) is 2.71. The van der Waals surface area contributed by atoms with Crippen LogP contribution in [0.25, 0.3) is 15.5 Å². The van der Waals surface area contributed by atoms with Crippen LogP contribution in [0.15, 0.2) is 0 Å². The number of hydrogen-bond donors (Lipinski definition) is 1. The Labute approximate surface area is 122 Å². The average molecular weight is 308 g/mol. The van der Waals surface area contributed by atoms with Crippen molar-refractivity contribution in [2.75, 3.05) is 12.3 Å². The summed E-state index contributed by atoms with van der Waals surface area (Å²) in [4.78, 5) is 0.760. The third-order valence-corrected chi connectivity index (χ3v) is 5.02. The number of anilines is 1. The first-order valence-electron chi connectivity index (χ1n) is 6.30. The molecule has 7 nitrogen and oxygen atoms in total. The molecule has 4 rings (SSSR count). The van der Waals surface area contributed by atoms with Crippen molar-refractivity contribution in [2.45, 2.75) is 25.9 Å². The highest BCUT2D eigenvalue weighted by atomic mass is 32.1.